The highest BCUT2D eigenvalue weighted by Gasteiger charge is 2.15. The quantitative estimate of drug-likeness (QED) is 0.785. The number of oxazole rings is 1. The van der Waals surface area contributed by atoms with Gasteiger partial charge in [-0.15, -0.1) is 0 Å². The number of aryl methyl sites for hydroxylation is 1. The summed E-state index contributed by atoms with van der Waals surface area (Å²) in [5.41, 5.74) is 1.03. The molecule has 0 saturated heterocycles. The highest BCUT2D eigenvalue weighted by atomic mass is 32.2. The number of benzene rings is 1. The molecule has 1 amide bonds. The molecule has 2 N–H and O–H groups in total. The summed E-state index contributed by atoms with van der Waals surface area (Å²) in [6.45, 7) is 3.42. The minimum atomic E-state index is -3.62. The van der Waals surface area contributed by atoms with Gasteiger partial charge in [0.2, 0.25) is 15.9 Å². The smallest absolute Gasteiger partial charge is 0.240 e. The minimum absolute atomic E-state index is 0.112. The van der Waals surface area contributed by atoms with Crippen LogP contribution in [0.4, 0.5) is 0 Å². The number of hydrogen-bond donors (Lipinski definition) is 2. The van der Waals surface area contributed by atoms with Crippen LogP contribution >= 0.6 is 0 Å². The topological polar surface area (TPSA) is 101 Å². The van der Waals surface area contributed by atoms with E-state index >= 15 is 0 Å². The minimum Gasteiger partial charge on any atom is -0.441 e. The van der Waals surface area contributed by atoms with Crippen molar-refractivity contribution in [2.24, 2.45) is 0 Å². The Kier molecular flexibility index (Phi) is 4.05. The lowest BCUT2D eigenvalue weighted by Crippen LogP contribution is -2.33. The van der Waals surface area contributed by atoms with Gasteiger partial charge in [0.15, 0.2) is 11.5 Å². The number of aromatic nitrogens is 1. The number of amides is 1. The van der Waals surface area contributed by atoms with Crippen LogP contribution in [0, 0.1) is 6.92 Å². The van der Waals surface area contributed by atoms with Gasteiger partial charge in [0.25, 0.3) is 0 Å². The number of nitrogens with zero attached hydrogens (tertiary/aromatic N) is 1. The molecule has 0 spiro atoms. The average Bonchev–Trinajstić information content (AvgIpc) is 2.73. The van der Waals surface area contributed by atoms with E-state index in [9.17, 15) is 13.2 Å². The molecule has 0 radical (unpaired) electrons. The summed E-state index contributed by atoms with van der Waals surface area (Å²) in [6.07, 6.45) is 0. The Morgan fingerprint density at radius 1 is 1.35 bits per heavy atom. The lowest BCUT2D eigenvalue weighted by molar-refractivity contribution is -0.118. The highest BCUT2D eigenvalue weighted by Crippen LogP contribution is 2.19. The van der Waals surface area contributed by atoms with Gasteiger partial charge in [0.1, 0.15) is 5.52 Å². The molecule has 0 aliphatic carbocycles. The van der Waals surface area contributed by atoms with Gasteiger partial charge in [-0.1, -0.05) is 0 Å². The van der Waals surface area contributed by atoms with Crippen molar-refractivity contribution in [2.75, 3.05) is 13.1 Å². The molecule has 0 bridgehead atoms. The lowest BCUT2D eigenvalue weighted by atomic mass is 10.3. The number of rotatable bonds is 5. The zero-order valence-electron chi connectivity index (χ0n) is 11.1. The number of sulfonamides is 1. The summed E-state index contributed by atoms with van der Waals surface area (Å²) in [6, 6.07) is 4.47. The van der Waals surface area contributed by atoms with Gasteiger partial charge in [0, 0.05) is 26.9 Å². The maximum atomic E-state index is 12.0. The zero-order valence-corrected chi connectivity index (χ0v) is 12.0. The summed E-state index contributed by atoms with van der Waals surface area (Å²) in [5, 5.41) is 2.51. The van der Waals surface area contributed by atoms with Gasteiger partial charge in [-0.25, -0.2) is 18.1 Å². The Morgan fingerprint density at radius 2 is 2.10 bits per heavy atom. The van der Waals surface area contributed by atoms with Crippen molar-refractivity contribution >= 4 is 27.0 Å². The molecule has 8 heteroatoms. The molecule has 0 aliphatic rings. The molecule has 20 heavy (non-hydrogen) atoms. The fraction of sp³-hybridized carbons (Fsp3) is 0.333. The van der Waals surface area contributed by atoms with Crippen LogP contribution in [-0.2, 0) is 14.8 Å². The molecule has 1 aromatic carbocycles. The number of hydrogen-bond acceptors (Lipinski definition) is 5. The molecule has 1 heterocycles. The molecule has 0 atom stereocenters. The first-order valence-electron chi connectivity index (χ1n) is 6.00. The van der Waals surface area contributed by atoms with E-state index in [1.165, 1.54) is 19.1 Å². The fourth-order valence-corrected chi connectivity index (χ4v) is 2.75. The van der Waals surface area contributed by atoms with Gasteiger partial charge >= 0.3 is 0 Å². The monoisotopic (exact) mass is 297 g/mol. The van der Waals surface area contributed by atoms with Crippen LogP contribution in [0.1, 0.15) is 12.8 Å². The van der Waals surface area contributed by atoms with Crippen molar-refractivity contribution in [2.45, 2.75) is 18.7 Å². The van der Waals surface area contributed by atoms with Gasteiger partial charge in [0.05, 0.1) is 4.90 Å². The van der Waals surface area contributed by atoms with Crippen LogP contribution < -0.4 is 10.0 Å². The third-order valence-corrected chi connectivity index (χ3v) is 4.03. The third-order valence-electron chi connectivity index (χ3n) is 2.57. The third kappa shape index (κ3) is 3.34. The van der Waals surface area contributed by atoms with Crippen molar-refractivity contribution in [3.05, 3.63) is 24.1 Å². The summed E-state index contributed by atoms with van der Waals surface area (Å²) in [7, 11) is -3.62. The average molecular weight is 297 g/mol. The molecule has 0 fully saturated rings. The van der Waals surface area contributed by atoms with Crippen LogP contribution in [0.15, 0.2) is 27.5 Å². The predicted octanol–water partition coefficient (Wildman–Crippen LogP) is 0.551. The largest absolute Gasteiger partial charge is 0.441 e. The first-order chi connectivity index (χ1) is 9.38. The Morgan fingerprint density at radius 3 is 2.80 bits per heavy atom. The number of nitrogens with one attached hydrogen (secondary N) is 2. The van der Waals surface area contributed by atoms with E-state index in [1.54, 1.807) is 13.0 Å². The Balaban J connectivity index is 2.12. The number of carbonyl (C=O) groups is 1. The van der Waals surface area contributed by atoms with Crippen LogP contribution in [0.3, 0.4) is 0 Å². The Bertz CT molecular complexity index is 736. The number of carbonyl (C=O) groups excluding carboxylic acids is 1. The Labute approximate surface area is 116 Å². The maximum Gasteiger partial charge on any atom is 0.240 e. The molecule has 0 unspecified atom stereocenters. The van der Waals surface area contributed by atoms with E-state index in [0.29, 0.717) is 17.0 Å². The molecule has 0 saturated carbocycles. The van der Waals surface area contributed by atoms with Crippen molar-refractivity contribution in [1.82, 2.24) is 15.0 Å². The van der Waals surface area contributed by atoms with Gasteiger partial charge < -0.3 is 9.73 Å². The van der Waals surface area contributed by atoms with E-state index in [2.05, 4.69) is 15.0 Å². The summed E-state index contributed by atoms with van der Waals surface area (Å²) in [5.74, 6) is 0.275. The van der Waals surface area contributed by atoms with E-state index in [-0.39, 0.29) is 23.9 Å². The predicted molar refractivity (Wildman–Crippen MR) is 72.6 cm³/mol. The standard InChI is InChI=1S/C12H15N3O4S/c1-8(16)13-5-6-14-20(17,18)10-3-4-12-11(7-10)15-9(2)19-12/h3-4,7,14H,5-6H2,1-2H3,(H,13,16). The van der Waals surface area contributed by atoms with Gasteiger partial charge in [-0.2, -0.15) is 0 Å². The second kappa shape index (κ2) is 5.59. The summed E-state index contributed by atoms with van der Waals surface area (Å²) in [4.78, 5) is 14.9. The van der Waals surface area contributed by atoms with E-state index in [1.807, 2.05) is 0 Å². The van der Waals surface area contributed by atoms with E-state index in [4.69, 9.17) is 4.42 Å². The molecule has 1 aromatic heterocycles. The second-order valence-electron chi connectivity index (χ2n) is 4.24. The summed E-state index contributed by atoms with van der Waals surface area (Å²) >= 11 is 0. The molecule has 7 nitrogen and oxygen atoms in total. The van der Waals surface area contributed by atoms with Gasteiger partial charge in [-0.3, -0.25) is 4.79 Å². The fourth-order valence-electron chi connectivity index (χ4n) is 1.70. The van der Waals surface area contributed by atoms with Gasteiger partial charge in [-0.05, 0) is 18.2 Å². The van der Waals surface area contributed by atoms with Crippen molar-refractivity contribution in [3.63, 3.8) is 0 Å². The van der Waals surface area contributed by atoms with Crippen LogP contribution in [0.2, 0.25) is 0 Å². The van der Waals surface area contributed by atoms with E-state index < -0.39 is 10.0 Å². The van der Waals surface area contributed by atoms with Crippen LogP contribution in [-0.4, -0.2) is 32.4 Å². The van der Waals surface area contributed by atoms with Crippen molar-refractivity contribution in [1.29, 1.82) is 0 Å². The summed E-state index contributed by atoms with van der Waals surface area (Å²) < 4.78 is 31.8. The van der Waals surface area contributed by atoms with Crippen molar-refractivity contribution < 1.29 is 17.6 Å². The molecular weight excluding hydrogens is 282 g/mol. The molecule has 2 aromatic rings. The van der Waals surface area contributed by atoms with Crippen LogP contribution in [0.5, 0.6) is 0 Å². The number of fused-ring (bicyclic) bond motifs is 1. The first-order valence-corrected chi connectivity index (χ1v) is 7.48. The Hall–Kier alpha value is -1.93. The highest BCUT2D eigenvalue weighted by molar-refractivity contribution is 7.89. The molecule has 108 valence electrons. The maximum absolute atomic E-state index is 12.0. The van der Waals surface area contributed by atoms with E-state index in [0.717, 1.165) is 0 Å². The SMILES string of the molecule is CC(=O)NCCNS(=O)(=O)c1ccc2oc(C)nc2c1. The lowest BCUT2D eigenvalue weighted by Gasteiger charge is -2.06. The zero-order chi connectivity index (χ0) is 14.8. The second-order valence-corrected chi connectivity index (χ2v) is 6.01. The first kappa shape index (κ1) is 14.5. The molecule has 2 rings (SSSR count). The molecular formula is C12H15N3O4S. The normalized spacial score (nSPS) is 11.7. The van der Waals surface area contributed by atoms with Crippen molar-refractivity contribution in [3.8, 4) is 0 Å². The van der Waals surface area contributed by atoms with Crippen LogP contribution in [0.25, 0.3) is 11.1 Å². The molecule has 0 aliphatic heterocycles.